The highest BCUT2D eigenvalue weighted by Gasteiger charge is 2.17. The summed E-state index contributed by atoms with van der Waals surface area (Å²) in [5, 5.41) is 0. The molecule has 0 fully saturated rings. The fourth-order valence-corrected chi connectivity index (χ4v) is 3.66. The Bertz CT molecular complexity index is 711. The van der Waals surface area contributed by atoms with Crippen molar-refractivity contribution in [3.8, 4) is 0 Å². The number of aromatic nitrogens is 2. The number of hydrogen-bond acceptors (Lipinski definition) is 4. The van der Waals surface area contributed by atoms with Gasteiger partial charge in [0.2, 0.25) is 0 Å². The SMILES string of the molecule is CCOC(C)c1nccn1CCS(=O)(=O)c1ccc(Br)cc1. The van der Waals surface area contributed by atoms with Gasteiger partial charge in [-0.25, -0.2) is 13.4 Å². The van der Waals surface area contributed by atoms with E-state index in [1.807, 2.05) is 18.4 Å². The van der Waals surface area contributed by atoms with Gasteiger partial charge >= 0.3 is 0 Å². The lowest BCUT2D eigenvalue weighted by Gasteiger charge is -2.14. The Labute approximate surface area is 139 Å². The summed E-state index contributed by atoms with van der Waals surface area (Å²) in [5.74, 6) is 0.768. The smallest absolute Gasteiger partial charge is 0.180 e. The Morgan fingerprint density at radius 3 is 2.64 bits per heavy atom. The molecule has 0 amide bonds. The maximum atomic E-state index is 12.4. The van der Waals surface area contributed by atoms with Crippen LogP contribution in [-0.4, -0.2) is 30.3 Å². The minimum atomic E-state index is -3.32. The third kappa shape index (κ3) is 4.18. The van der Waals surface area contributed by atoms with Crippen molar-refractivity contribution in [2.24, 2.45) is 0 Å². The number of aryl methyl sites for hydroxylation is 1. The van der Waals surface area contributed by atoms with E-state index in [0.29, 0.717) is 18.0 Å². The van der Waals surface area contributed by atoms with Crippen LogP contribution >= 0.6 is 15.9 Å². The van der Waals surface area contributed by atoms with Crippen LogP contribution in [0, 0.1) is 0 Å². The second-order valence-electron chi connectivity index (χ2n) is 4.85. The third-order valence-corrected chi connectivity index (χ3v) is 5.54. The standard InChI is InChI=1S/C15H19BrN2O3S/c1-3-21-12(2)15-17-8-9-18(15)10-11-22(19,20)14-6-4-13(16)5-7-14/h4-9,12H,3,10-11H2,1-2H3. The molecular formula is C15H19BrN2O3S. The number of sulfone groups is 1. The molecule has 5 nitrogen and oxygen atoms in total. The Morgan fingerprint density at radius 1 is 1.32 bits per heavy atom. The molecule has 1 aromatic heterocycles. The van der Waals surface area contributed by atoms with Gasteiger partial charge in [-0.3, -0.25) is 0 Å². The fourth-order valence-electron chi connectivity index (χ4n) is 2.17. The first kappa shape index (κ1) is 17.2. The summed E-state index contributed by atoms with van der Waals surface area (Å²) in [6, 6.07) is 6.67. The molecule has 1 heterocycles. The maximum Gasteiger partial charge on any atom is 0.180 e. The molecule has 0 aliphatic heterocycles. The van der Waals surface area contributed by atoms with Crippen LogP contribution in [0.1, 0.15) is 25.8 Å². The lowest BCUT2D eigenvalue weighted by Crippen LogP contribution is -2.16. The van der Waals surface area contributed by atoms with Crippen molar-refractivity contribution < 1.29 is 13.2 Å². The summed E-state index contributed by atoms with van der Waals surface area (Å²) in [6.07, 6.45) is 3.29. The number of hydrogen-bond donors (Lipinski definition) is 0. The zero-order valence-corrected chi connectivity index (χ0v) is 15.0. The highest BCUT2D eigenvalue weighted by atomic mass is 79.9. The van der Waals surface area contributed by atoms with Crippen molar-refractivity contribution in [2.45, 2.75) is 31.4 Å². The lowest BCUT2D eigenvalue weighted by molar-refractivity contribution is 0.0676. The summed E-state index contributed by atoms with van der Waals surface area (Å²) >= 11 is 3.30. The van der Waals surface area contributed by atoms with Crippen molar-refractivity contribution >= 4 is 25.8 Å². The number of nitrogens with zero attached hydrogens (tertiary/aromatic N) is 2. The average molecular weight is 387 g/mol. The van der Waals surface area contributed by atoms with Gasteiger partial charge in [0.1, 0.15) is 11.9 Å². The number of rotatable bonds is 7. The van der Waals surface area contributed by atoms with Crippen LogP contribution in [0.5, 0.6) is 0 Å². The molecule has 0 aliphatic rings. The minimum absolute atomic E-state index is 0.0246. The van der Waals surface area contributed by atoms with E-state index in [2.05, 4.69) is 20.9 Å². The Kier molecular flexibility index (Phi) is 5.77. The van der Waals surface area contributed by atoms with Crippen LogP contribution < -0.4 is 0 Å². The molecule has 1 aromatic carbocycles. The van der Waals surface area contributed by atoms with Crippen molar-refractivity contribution in [1.29, 1.82) is 0 Å². The molecule has 1 unspecified atom stereocenters. The summed E-state index contributed by atoms with van der Waals surface area (Å²) < 4.78 is 32.9. The zero-order chi connectivity index (χ0) is 16.2. The molecule has 120 valence electrons. The topological polar surface area (TPSA) is 61.2 Å². The summed E-state index contributed by atoms with van der Waals surface area (Å²) in [5.41, 5.74) is 0. The van der Waals surface area contributed by atoms with E-state index in [4.69, 9.17) is 4.74 Å². The van der Waals surface area contributed by atoms with Gasteiger partial charge < -0.3 is 9.30 Å². The van der Waals surface area contributed by atoms with Crippen molar-refractivity contribution in [3.63, 3.8) is 0 Å². The summed E-state index contributed by atoms with van der Waals surface area (Å²) in [6.45, 7) is 4.77. The number of benzene rings is 1. The first-order valence-corrected chi connectivity index (χ1v) is 9.49. The largest absolute Gasteiger partial charge is 0.371 e. The fraction of sp³-hybridized carbons (Fsp3) is 0.400. The zero-order valence-electron chi connectivity index (χ0n) is 12.6. The van der Waals surface area contributed by atoms with Gasteiger partial charge in [0, 0.05) is 30.0 Å². The van der Waals surface area contributed by atoms with E-state index in [1.165, 1.54) is 0 Å². The van der Waals surface area contributed by atoms with Crippen LogP contribution in [0.15, 0.2) is 46.0 Å². The van der Waals surface area contributed by atoms with Gasteiger partial charge in [-0.05, 0) is 38.1 Å². The molecule has 7 heteroatoms. The van der Waals surface area contributed by atoms with Crippen LogP contribution in [-0.2, 0) is 21.1 Å². The van der Waals surface area contributed by atoms with E-state index in [-0.39, 0.29) is 11.9 Å². The van der Waals surface area contributed by atoms with Gasteiger partial charge in [-0.2, -0.15) is 0 Å². The molecule has 2 rings (SSSR count). The van der Waals surface area contributed by atoms with Gasteiger partial charge in [0.05, 0.1) is 10.6 Å². The molecule has 22 heavy (non-hydrogen) atoms. The predicted octanol–water partition coefficient (Wildman–Crippen LogP) is 3.22. The number of halogens is 1. The second-order valence-corrected chi connectivity index (χ2v) is 7.87. The quantitative estimate of drug-likeness (QED) is 0.732. The lowest BCUT2D eigenvalue weighted by atomic mass is 10.4. The van der Waals surface area contributed by atoms with E-state index >= 15 is 0 Å². The summed E-state index contributed by atoms with van der Waals surface area (Å²) in [4.78, 5) is 4.59. The summed E-state index contributed by atoms with van der Waals surface area (Å²) in [7, 11) is -3.32. The van der Waals surface area contributed by atoms with Crippen molar-refractivity contribution in [1.82, 2.24) is 9.55 Å². The number of imidazole rings is 1. The van der Waals surface area contributed by atoms with Gasteiger partial charge in [0.25, 0.3) is 0 Å². The van der Waals surface area contributed by atoms with Crippen LogP contribution in [0.25, 0.3) is 0 Å². The minimum Gasteiger partial charge on any atom is -0.371 e. The molecule has 0 saturated carbocycles. The van der Waals surface area contributed by atoms with E-state index in [9.17, 15) is 8.42 Å². The average Bonchev–Trinajstić information content (AvgIpc) is 2.94. The van der Waals surface area contributed by atoms with Crippen LogP contribution in [0.3, 0.4) is 0 Å². The Hall–Kier alpha value is -1.18. The normalized spacial score (nSPS) is 13.2. The monoisotopic (exact) mass is 386 g/mol. The third-order valence-electron chi connectivity index (χ3n) is 3.30. The van der Waals surface area contributed by atoms with E-state index in [1.54, 1.807) is 36.7 Å². The van der Waals surface area contributed by atoms with Crippen LogP contribution in [0.2, 0.25) is 0 Å². The van der Waals surface area contributed by atoms with Crippen molar-refractivity contribution in [3.05, 3.63) is 47.0 Å². The van der Waals surface area contributed by atoms with Gasteiger partial charge in [-0.1, -0.05) is 15.9 Å². The molecule has 0 spiro atoms. The molecule has 0 bridgehead atoms. The Balaban J connectivity index is 2.10. The number of ether oxygens (including phenoxy) is 1. The van der Waals surface area contributed by atoms with Gasteiger partial charge in [-0.15, -0.1) is 0 Å². The first-order chi connectivity index (χ1) is 10.4. The molecule has 0 saturated heterocycles. The molecule has 0 N–H and O–H groups in total. The highest BCUT2D eigenvalue weighted by Crippen LogP contribution is 2.18. The molecule has 2 aromatic rings. The predicted molar refractivity (Wildman–Crippen MR) is 88.5 cm³/mol. The maximum absolute atomic E-state index is 12.4. The van der Waals surface area contributed by atoms with Crippen LogP contribution in [0.4, 0.5) is 0 Å². The molecule has 0 aliphatic carbocycles. The van der Waals surface area contributed by atoms with E-state index in [0.717, 1.165) is 10.3 Å². The molecule has 1 atom stereocenters. The van der Waals surface area contributed by atoms with Gasteiger partial charge in [0.15, 0.2) is 9.84 Å². The first-order valence-electron chi connectivity index (χ1n) is 7.05. The second kappa shape index (κ2) is 7.39. The highest BCUT2D eigenvalue weighted by molar-refractivity contribution is 9.10. The van der Waals surface area contributed by atoms with E-state index < -0.39 is 9.84 Å². The molecular weight excluding hydrogens is 368 g/mol. The van der Waals surface area contributed by atoms with Crippen molar-refractivity contribution in [2.75, 3.05) is 12.4 Å². The molecule has 0 radical (unpaired) electrons. The Morgan fingerprint density at radius 2 is 2.00 bits per heavy atom.